The Morgan fingerprint density at radius 3 is 2.62 bits per heavy atom. The summed E-state index contributed by atoms with van der Waals surface area (Å²) in [5, 5.41) is 5.65. The second-order valence-electron chi connectivity index (χ2n) is 4.85. The van der Waals surface area contributed by atoms with Gasteiger partial charge in [-0.15, -0.1) is 0 Å². The number of halogens is 3. The lowest BCUT2D eigenvalue weighted by atomic mass is 10.2. The van der Waals surface area contributed by atoms with Crippen molar-refractivity contribution in [2.45, 2.75) is 18.1 Å². The Kier molecular flexibility index (Phi) is 7.20. The maximum atomic E-state index is 13.4. The van der Waals surface area contributed by atoms with Crippen molar-refractivity contribution in [3.63, 3.8) is 0 Å². The lowest BCUT2D eigenvalue weighted by Gasteiger charge is -2.06. The Morgan fingerprint density at radius 2 is 1.88 bits per heavy atom. The summed E-state index contributed by atoms with van der Waals surface area (Å²) in [5.41, 5.74) is 0.00436. The van der Waals surface area contributed by atoms with Crippen LogP contribution in [-0.2, 0) is 12.3 Å². The number of amides is 1. The predicted octanol–water partition coefficient (Wildman–Crippen LogP) is 3.39. The summed E-state index contributed by atoms with van der Waals surface area (Å²) in [4.78, 5) is 11.8. The maximum Gasteiger partial charge on any atom is 0.284 e. The molecule has 1 amide bonds. The van der Waals surface area contributed by atoms with Crippen LogP contribution in [0.2, 0.25) is 0 Å². The molecule has 0 aliphatic heterocycles. The third kappa shape index (κ3) is 5.93. The van der Waals surface area contributed by atoms with Crippen molar-refractivity contribution < 1.29 is 22.4 Å². The summed E-state index contributed by atoms with van der Waals surface area (Å²) in [7, 11) is 0. The van der Waals surface area contributed by atoms with Crippen LogP contribution in [0.5, 0.6) is 0 Å². The van der Waals surface area contributed by atoms with Gasteiger partial charge >= 0.3 is 0 Å². The molecule has 130 valence electrons. The summed E-state index contributed by atoms with van der Waals surface area (Å²) in [6.07, 6.45) is 0. The molecule has 0 unspecified atom stereocenters. The van der Waals surface area contributed by atoms with E-state index < -0.39 is 17.5 Å². The van der Waals surface area contributed by atoms with Crippen LogP contribution in [0.15, 0.2) is 40.8 Å². The van der Waals surface area contributed by atoms with Crippen LogP contribution in [0.3, 0.4) is 0 Å². The second kappa shape index (κ2) is 9.39. The van der Waals surface area contributed by atoms with E-state index >= 15 is 0 Å². The molecule has 0 saturated carbocycles. The Hall–Kier alpha value is -1.93. The molecule has 0 fully saturated rings. The minimum atomic E-state index is -2.42. The van der Waals surface area contributed by atoms with Gasteiger partial charge in [0.15, 0.2) is 0 Å². The Labute approximate surface area is 141 Å². The SMILES string of the molecule is O=C(NCCNCc1ccc(CSC(F)F)o1)c1ccccc1F. The van der Waals surface area contributed by atoms with Crippen LogP contribution < -0.4 is 10.6 Å². The van der Waals surface area contributed by atoms with Crippen LogP contribution in [0, 0.1) is 5.82 Å². The first kappa shape index (κ1) is 18.4. The largest absolute Gasteiger partial charge is 0.464 e. The number of furan rings is 1. The highest BCUT2D eigenvalue weighted by molar-refractivity contribution is 7.98. The number of alkyl halides is 2. The number of rotatable bonds is 9. The molecule has 4 nitrogen and oxygen atoms in total. The van der Waals surface area contributed by atoms with Gasteiger partial charge in [-0.05, 0) is 24.3 Å². The van der Waals surface area contributed by atoms with Crippen molar-refractivity contribution in [1.82, 2.24) is 10.6 Å². The van der Waals surface area contributed by atoms with Crippen LogP contribution >= 0.6 is 11.8 Å². The van der Waals surface area contributed by atoms with Gasteiger partial charge in [-0.2, -0.15) is 8.78 Å². The Morgan fingerprint density at radius 1 is 1.12 bits per heavy atom. The van der Waals surface area contributed by atoms with Gasteiger partial charge in [-0.3, -0.25) is 4.79 Å². The molecule has 1 heterocycles. The molecular formula is C16H17F3N2O2S. The van der Waals surface area contributed by atoms with Crippen molar-refractivity contribution in [2.24, 2.45) is 0 Å². The van der Waals surface area contributed by atoms with E-state index in [9.17, 15) is 18.0 Å². The normalized spacial score (nSPS) is 11.0. The highest BCUT2D eigenvalue weighted by Gasteiger charge is 2.10. The average molecular weight is 358 g/mol. The van der Waals surface area contributed by atoms with Crippen molar-refractivity contribution in [2.75, 3.05) is 13.1 Å². The van der Waals surface area contributed by atoms with E-state index in [1.807, 2.05) is 0 Å². The number of benzene rings is 1. The molecule has 0 aliphatic rings. The van der Waals surface area contributed by atoms with Crippen LogP contribution in [0.25, 0.3) is 0 Å². The summed E-state index contributed by atoms with van der Waals surface area (Å²) in [6.45, 7) is 1.19. The molecule has 2 N–H and O–H groups in total. The summed E-state index contributed by atoms with van der Waals surface area (Å²) < 4.78 is 43.0. The van der Waals surface area contributed by atoms with Gasteiger partial charge in [0, 0.05) is 13.1 Å². The number of thioether (sulfide) groups is 1. The molecule has 2 aromatic rings. The number of nitrogens with one attached hydrogen (secondary N) is 2. The highest BCUT2D eigenvalue weighted by Crippen LogP contribution is 2.21. The molecule has 0 aliphatic carbocycles. The molecule has 0 atom stereocenters. The molecule has 2 rings (SSSR count). The van der Waals surface area contributed by atoms with Gasteiger partial charge in [0.05, 0.1) is 17.9 Å². The van der Waals surface area contributed by atoms with Gasteiger partial charge in [-0.25, -0.2) is 4.39 Å². The van der Waals surface area contributed by atoms with Crippen LogP contribution in [0.4, 0.5) is 13.2 Å². The van der Waals surface area contributed by atoms with Gasteiger partial charge in [-0.1, -0.05) is 23.9 Å². The zero-order chi connectivity index (χ0) is 17.4. The van der Waals surface area contributed by atoms with Crippen molar-refractivity contribution in [3.05, 3.63) is 59.3 Å². The summed E-state index contributed by atoms with van der Waals surface area (Å²) in [5.74, 6) is -2.22. The predicted molar refractivity (Wildman–Crippen MR) is 86.4 cm³/mol. The van der Waals surface area contributed by atoms with E-state index in [0.29, 0.717) is 42.9 Å². The smallest absolute Gasteiger partial charge is 0.284 e. The molecule has 1 aromatic carbocycles. The van der Waals surface area contributed by atoms with Crippen LogP contribution in [-0.4, -0.2) is 24.8 Å². The second-order valence-corrected chi connectivity index (χ2v) is 5.83. The summed E-state index contributed by atoms with van der Waals surface area (Å²) in [6, 6.07) is 9.13. The molecule has 0 saturated heterocycles. The molecule has 24 heavy (non-hydrogen) atoms. The van der Waals surface area contributed by atoms with Crippen LogP contribution in [0.1, 0.15) is 21.9 Å². The Balaban J connectivity index is 1.65. The zero-order valence-corrected chi connectivity index (χ0v) is 13.5. The minimum Gasteiger partial charge on any atom is -0.464 e. The highest BCUT2D eigenvalue weighted by atomic mass is 32.2. The third-order valence-corrected chi connectivity index (χ3v) is 3.78. The molecule has 0 radical (unpaired) electrons. The maximum absolute atomic E-state index is 13.4. The van der Waals surface area contributed by atoms with E-state index in [0.717, 1.165) is 0 Å². The third-order valence-electron chi connectivity index (χ3n) is 3.07. The van der Waals surface area contributed by atoms with Crippen molar-refractivity contribution in [3.8, 4) is 0 Å². The van der Waals surface area contributed by atoms with E-state index in [2.05, 4.69) is 10.6 Å². The number of carbonyl (C=O) groups excluding carboxylic acids is 1. The topological polar surface area (TPSA) is 54.3 Å². The first-order valence-electron chi connectivity index (χ1n) is 7.27. The quantitative estimate of drug-likeness (QED) is 0.675. The molecule has 1 aromatic heterocycles. The van der Waals surface area contributed by atoms with Crippen molar-refractivity contribution in [1.29, 1.82) is 0 Å². The van der Waals surface area contributed by atoms with Gasteiger partial charge < -0.3 is 15.1 Å². The van der Waals surface area contributed by atoms with E-state index in [-0.39, 0.29) is 11.3 Å². The number of hydrogen-bond donors (Lipinski definition) is 2. The fraction of sp³-hybridized carbons (Fsp3) is 0.312. The number of hydrogen-bond acceptors (Lipinski definition) is 4. The fourth-order valence-electron chi connectivity index (χ4n) is 1.96. The monoisotopic (exact) mass is 358 g/mol. The van der Waals surface area contributed by atoms with Gasteiger partial charge in [0.1, 0.15) is 17.3 Å². The van der Waals surface area contributed by atoms with Crippen molar-refractivity contribution >= 4 is 17.7 Å². The molecule has 0 bridgehead atoms. The average Bonchev–Trinajstić information content (AvgIpc) is 3.00. The van der Waals surface area contributed by atoms with Gasteiger partial charge in [0.25, 0.3) is 11.7 Å². The standard InChI is InChI=1S/C16H17F3N2O2S/c17-14-4-2-1-3-13(14)15(22)21-8-7-20-9-11-5-6-12(23-11)10-24-16(18)19/h1-6,16,20H,7-10H2,(H,21,22). The molecule has 8 heteroatoms. The molecular weight excluding hydrogens is 341 g/mol. The van der Waals surface area contributed by atoms with E-state index in [1.54, 1.807) is 18.2 Å². The zero-order valence-electron chi connectivity index (χ0n) is 12.7. The lowest BCUT2D eigenvalue weighted by Crippen LogP contribution is -2.32. The van der Waals surface area contributed by atoms with E-state index in [1.165, 1.54) is 18.2 Å². The number of carbonyl (C=O) groups is 1. The summed E-state index contributed by atoms with van der Waals surface area (Å²) >= 11 is 0.506. The first-order chi connectivity index (χ1) is 11.6. The minimum absolute atomic E-state index is 0.00436. The fourth-order valence-corrected chi connectivity index (χ4v) is 2.40. The van der Waals surface area contributed by atoms with Gasteiger partial charge in [0.2, 0.25) is 0 Å². The lowest BCUT2D eigenvalue weighted by molar-refractivity contribution is 0.0950. The molecule has 0 spiro atoms. The Bertz CT molecular complexity index is 664. The first-order valence-corrected chi connectivity index (χ1v) is 8.32. The van der Waals surface area contributed by atoms with E-state index in [4.69, 9.17) is 4.42 Å².